The Balaban J connectivity index is 2.63. The molecule has 5 nitrogen and oxygen atoms in total. The van der Waals surface area contributed by atoms with Crippen molar-refractivity contribution < 1.29 is 14.7 Å². The van der Waals surface area contributed by atoms with Gasteiger partial charge < -0.3 is 15.7 Å². The third-order valence-corrected chi connectivity index (χ3v) is 3.34. The minimum atomic E-state index is -1.02. The molecule has 0 unspecified atom stereocenters. The number of urea groups is 1. The van der Waals surface area contributed by atoms with E-state index in [0.717, 1.165) is 11.1 Å². The van der Waals surface area contributed by atoms with Crippen LogP contribution in [0.4, 0.5) is 10.5 Å². The Morgan fingerprint density at radius 3 is 2.35 bits per heavy atom. The minimum Gasteiger partial charge on any atom is -0.480 e. The Bertz CT molecular complexity index is 471. The molecule has 1 aromatic carbocycles. The highest BCUT2D eigenvalue weighted by Crippen LogP contribution is 2.13. The van der Waals surface area contributed by atoms with Crippen LogP contribution in [-0.4, -0.2) is 35.2 Å². The highest BCUT2D eigenvalue weighted by molar-refractivity contribution is 7.98. The molecular weight excluding hydrogens is 276 g/mol. The van der Waals surface area contributed by atoms with E-state index in [1.807, 2.05) is 38.3 Å². The van der Waals surface area contributed by atoms with Gasteiger partial charge in [0.1, 0.15) is 6.04 Å². The summed E-state index contributed by atoms with van der Waals surface area (Å²) >= 11 is 1.55. The normalized spacial score (nSPS) is 11.8. The number of carbonyl (C=O) groups is 2. The topological polar surface area (TPSA) is 78.4 Å². The first-order chi connectivity index (χ1) is 9.42. The van der Waals surface area contributed by atoms with Crippen molar-refractivity contribution >= 4 is 29.4 Å². The van der Waals surface area contributed by atoms with E-state index in [0.29, 0.717) is 17.9 Å². The van der Waals surface area contributed by atoms with E-state index in [2.05, 4.69) is 10.6 Å². The average molecular weight is 296 g/mol. The average Bonchev–Trinajstić information content (AvgIpc) is 2.32. The van der Waals surface area contributed by atoms with Gasteiger partial charge in [0.05, 0.1) is 0 Å². The fraction of sp³-hybridized carbons (Fsp3) is 0.429. The van der Waals surface area contributed by atoms with Crippen LogP contribution in [0, 0.1) is 13.8 Å². The maximum Gasteiger partial charge on any atom is 0.326 e. The van der Waals surface area contributed by atoms with E-state index < -0.39 is 18.0 Å². The molecular formula is C14H20N2O3S. The lowest BCUT2D eigenvalue weighted by Crippen LogP contribution is -2.43. The molecule has 3 N–H and O–H groups in total. The second-order valence-corrected chi connectivity index (χ2v) is 5.63. The van der Waals surface area contributed by atoms with E-state index in [1.54, 1.807) is 11.8 Å². The predicted octanol–water partition coefficient (Wildman–Crippen LogP) is 2.63. The number of anilines is 1. The Labute approximate surface area is 123 Å². The van der Waals surface area contributed by atoms with Gasteiger partial charge in [0, 0.05) is 5.69 Å². The Morgan fingerprint density at radius 2 is 1.85 bits per heavy atom. The molecule has 1 aromatic rings. The van der Waals surface area contributed by atoms with Crippen molar-refractivity contribution in [3.05, 3.63) is 29.3 Å². The third kappa shape index (κ3) is 5.52. The van der Waals surface area contributed by atoms with E-state index in [-0.39, 0.29) is 0 Å². The van der Waals surface area contributed by atoms with Crippen molar-refractivity contribution in [1.29, 1.82) is 0 Å². The van der Waals surface area contributed by atoms with Crippen LogP contribution < -0.4 is 10.6 Å². The summed E-state index contributed by atoms with van der Waals surface area (Å²) in [5.74, 6) is -0.338. The van der Waals surface area contributed by atoms with E-state index in [9.17, 15) is 9.59 Å². The molecule has 0 fully saturated rings. The molecule has 1 rings (SSSR count). The fourth-order valence-electron chi connectivity index (χ4n) is 1.87. The second kappa shape index (κ2) is 7.79. The van der Waals surface area contributed by atoms with Gasteiger partial charge in [-0.05, 0) is 55.5 Å². The molecule has 0 saturated heterocycles. The lowest BCUT2D eigenvalue weighted by molar-refractivity contribution is -0.139. The van der Waals surface area contributed by atoms with Gasteiger partial charge in [-0.2, -0.15) is 11.8 Å². The van der Waals surface area contributed by atoms with Crippen LogP contribution in [0.15, 0.2) is 18.2 Å². The van der Waals surface area contributed by atoms with E-state index in [4.69, 9.17) is 5.11 Å². The van der Waals surface area contributed by atoms with Gasteiger partial charge in [-0.25, -0.2) is 9.59 Å². The second-order valence-electron chi connectivity index (χ2n) is 4.65. The van der Waals surface area contributed by atoms with Crippen molar-refractivity contribution in [2.24, 2.45) is 0 Å². The molecule has 2 amide bonds. The molecule has 0 aromatic heterocycles. The molecule has 0 aliphatic heterocycles. The molecule has 0 aliphatic rings. The lowest BCUT2D eigenvalue weighted by Gasteiger charge is -2.15. The summed E-state index contributed by atoms with van der Waals surface area (Å²) in [6, 6.07) is 4.31. The SMILES string of the molecule is CSCC[C@@H](NC(=O)Nc1cc(C)cc(C)c1)C(=O)O. The molecule has 110 valence electrons. The molecule has 20 heavy (non-hydrogen) atoms. The number of aliphatic carboxylic acids is 1. The largest absolute Gasteiger partial charge is 0.480 e. The number of rotatable bonds is 6. The van der Waals surface area contributed by atoms with Crippen molar-refractivity contribution in [3.63, 3.8) is 0 Å². The van der Waals surface area contributed by atoms with Gasteiger partial charge in [0.25, 0.3) is 0 Å². The number of hydrogen-bond donors (Lipinski definition) is 3. The number of amides is 2. The van der Waals surface area contributed by atoms with Gasteiger partial charge >= 0.3 is 12.0 Å². The highest BCUT2D eigenvalue weighted by Gasteiger charge is 2.19. The van der Waals surface area contributed by atoms with Crippen molar-refractivity contribution in [1.82, 2.24) is 5.32 Å². The number of aryl methyl sites for hydroxylation is 2. The quantitative estimate of drug-likeness (QED) is 0.754. The van der Waals surface area contributed by atoms with Gasteiger partial charge in [-0.15, -0.1) is 0 Å². The third-order valence-electron chi connectivity index (χ3n) is 2.69. The zero-order valence-electron chi connectivity index (χ0n) is 11.9. The Morgan fingerprint density at radius 1 is 1.25 bits per heavy atom. The molecule has 0 radical (unpaired) electrons. The van der Waals surface area contributed by atoms with Crippen molar-refractivity contribution in [3.8, 4) is 0 Å². The summed E-state index contributed by atoms with van der Waals surface area (Å²) in [6.45, 7) is 3.88. The smallest absolute Gasteiger partial charge is 0.326 e. The van der Waals surface area contributed by atoms with Gasteiger partial charge in [0.2, 0.25) is 0 Å². The van der Waals surface area contributed by atoms with Crippen molar-refractivity contribution in [2.75, 3.05) is 17.3 Å². The summed E-state index contributed by atoms with van der Waals surface area (Å²) < 4.78 is 0. The highest BCUT2D eigenvalue weighted by atomic mass is 32.2. The fourth-order valence-corrected chi connectivity index (χ4v) is 2.34. The van der Waals surface area contributed by atoms with Crippen LogP contribution in [-0.2, 0) is 4.79 Å². The predicted molar refractivity (Wildman–Crippen MR) is 82.5 cm³/mol. The first-order valence-corrected chi connectivity index (χ1v) is 7.69. The summed E-state index contributed by atoms with van der Waals surface area (Å²) in [6.07, 6.45) is 2.30. The van der Waals surface area contributed by atoms with Crippen LogP contribution in [0.5, 0.6) is 0 Å². The van der Waals surface area contributed by atoms with E-state index in [1.165, 1.54) is 0 Å². The lowest BCUT2D eigenvalue weighted by atomic mass is 10.1. The monoisotopic (exact) mass is 296 g/mol. The summed E-state index contributed by atoms with van der Waals surface area (Å²) in [4.78, 5) is 22.9. The Hall–Kier alpha value is -1.69. The first-order valence-electron chi connectivity index (χ1n) is 6.30. The van der Waals surface area contributed by atoms with Crippen molar-refractivity contribution in [2.45, 2.75) is 26.3 Å². The van der Waals surface area contributed by atoms with Gasteiger partial charge in [0.15, 0.2) is 0 Å². The number of hydrogen-bond acceptors (Lipinski definition) is 3. The maximum absolute atomic E-state index is 11.8. The molecule has 0 spiro atoms. The summed E-state index contributed by atoms with van der Waals surface area (Å²) in [5.41, 5.74) is 2.74. The van der Waals surface area contributed by atoms with Crippen LogP contribution in [0.25, 0.3) is 0 Å². The minimum absolute atomic E-state index is 0.400. The zero-order valence-corrected chi connectivity index (χ0v) is 12.7. The number of carboxylic acid groups (broad SMARTS) is 1. The van der Waals surface area contributed by atoms with Crippen LogP contribution >= 0.6 is 11.8 Å². The number of nitrogens with one attached hydrogen (secondary N) is 2. The van der Waals surface area contributed by atoms with Crippen LogP contribution in [0.1, 0.15) is 17.5 Å². The molecule has 0 heterocycles. The molecule has 0 aliphatic carbocycles. The maximum atomic E-state index is 11.8. The number of thioether (sulfide) groups is 1. The molecule has 0 bridgehead atoms. The number of carbonyl (C=O) groups excluding carboxylic acids is 1. The number of benzene rings is 1. The zero-order chi connectivity index (χ0) is 15.1. The number of carboxylic acids is 1. The van der Waals surface area contributed by atoms with E-state index >= 15 is 0 Å². The first kappa shape index (κ1) is 16.4. The van der Waals surface area contributed by atoms with Gasteiger partial charge in [-0.3, -0.25) is 0 Å². The Kier molecular flexibility index (Phi) is 6.38. The summed E-state index contributed by atoms with van der Waals surface area (Å²) in [7, 11) is 0. The van der Waals surface area contributed by atoms with Crippen LogP contribution in [0.2, 0.25) is 0 Å². The van der Waals surface area contributed by atoms with Gasteiger partial charge in [-0.1, -0.05) is 6.07 Å². The molecule has 0 saturated carbocycles. The standard InChI is InChI=1S/C14H20N2O3S/c1-9-6-10(2)8-11(7-9)15-14(19)16-12(13(17)18)4-5-20-3/h6-8,12H,4-5H2,1-3H3,(H,17,18)(H2,15,16,19)/t12-/m1/s1. The van der Waals surface area contributed by atoms with Crippen LogP contribution in [0.3, 0.4) is 0 Å². The summed E-state index contributed by atoms with van der Waals surface area (Å²) in [5, 5.41) is 14.2. The molecule has 1 atom stereocenters. The molecule has 6 heteroatoms.